The van der Waals surface area contributed by atoms with Gasteiger partial charge < -0.3 is 10.6 Å². The molecule has 1 aliphatic heterocycles. The second-order valence-electron chi connectivity index (χ2n) is 8.18. The number of carbonyl (C=O) groups is 1. The van der Waals surface area contributed by atoms with Crippen molar-refractivity contribution in [1.29, 1.82) is 0 Å². The summed E-state index contributed by atoms with van der Waals surface area (Å²) in [6, 6.07) is 8.03. The fourth-order valence-corrected chi connectivity index (χ4v) is 4.72. The molecule has 1 aromatic carbocycles. The number of piperidine rings is 1. The van der Waals surface area contributed by atoms with Crippen LogP contribution >= 0.6 is 11.8 Å². The van der Waals surface area contributed by atoms with Crippen LogP contribution in [-0.2, 0) is 14.1 Å². The minimum Gasteiger partial charge on any atom is -0.384 e. The van der Waals surface area contributed by atoms with E-state index in [-0.39, 0.29) is 17.1 Å². The zero-order valence-electron chi connectivity index (χ0n) is 18.9. The van der Waals surface area contributed by atoms with Gasteiger partial charge in [-0.05, 0) is 38.3 Å². The van der Waals surface area contributed by atoms with Crippen LogP contribution in [0.3, 0.4) is 0 Å². The van der Waals surface area contributed by atoms with Crippen LogP contribution in [-0.4, -0.2) is 48.5 Å². The molecule has 2 aromatic heterocycles. The Kier molecular flexibility index (Phi) is 6.41. The van der Waals surface area contributed by atoms with E-state index in [1.54, 1.807) is 0 Å². The molecule has 0 unspecified atom stereocenters. The quantitative estimate of drug-likeness (QED) is 0.426. The second-order valence-corrected chi connectivity index (χ2v) is 9.12. The van der Waals surface area contributed by atoms with Gasteiger partial charge in [0, 0.05) is 27.2 Å². The molecule has 1 fully saturated rings. The standard InChI is InChI=1S/C22H27N7O3S/c1-14-7-9-15(10-8-14)29-20(28-11-5-4-6-12-28)24-25-21(29)33-13-16(30)17-18(23)26(2)22(32)27(3)19(17)31/h7-10H,4-6,11-13,23H2,1-3H3. The molecule has 0 spiro atoms. The average Bonchev–Trinajstić information content (AvgIpc) is 3.25. The molecule has 11 heteroatoms. The van der Waals surface area contributed by atoms with Gasteiger partial charge in [0.15, 0.2) is 10.9 Å². The van der Waals surface area contributed by atoms with Crippen molar-refractivity contribution < 1.29 is 4.79 Å². The van der Waals surface area contributed by atoms with Crippen molar-refractivity contribution in [1.82, 2.24) is 23.9 Å². The van der Waals surface area contributed by atoms with Gasteiger partial charge in [-0.3, -0.25) is 23.3 Å². The fourth-order valence-electron chi connectivity index (χ4n) is 3.90. The normalized spacial score (nSPS) is 14.0. The SMILES string of the molecule is Cc1ccc(-n2c(SCC(=O)c3c(N)n(C)c(=O)n(C)c3=O)nnc2N2CCCCC2)cc1. The lowest BCUT2D eigenvalue weighted by Gasteiger charge is -2.27. The number of ketones is 1. The van der Waals surface area contributed by atoms with E-state index < -0.39 is 17.0 Å². The van der Waals surface area contributed by atoms with E-state index in [9.17, 15) is 14.4 Å². The van der Waals surface area contributed by atoms with Crippen LogP contribution in [0.2, 0.25) is 0 Å². The fraction of sp³-hybridized carbons (Fsp3) is 0.409. The number of nitrogens with two attached hydrogens (primary N) is 1. The van der Waals surface area contributed by atoms with Crippen LogP contribution in [0.15, 0.2) is 39.0 Å². The number of hydrogen-bond donors (Lipinski definition) is 1. The van der Waals surface area contributed by atoms with Crippen LogP contribution < -0.4 is 21.9 Å². The molecule has 10 nitrogen and oxygen atoms in total. The first-order valence-electron chi connectivity index (χ1n) is 10.8. The highest BCUT2D eigenvalue weighted by Crippen LogP contribution is 2.29. The van der Waals surface area contributed by atoms with Gasteiger partial charge in [-0.25, -0.2) is 4.79 Å². The van der Waals surface area contributed by atoms with E-state index >= 15 is 0 Å². The van der Waals surface area contributed by atoms with Gasteiger partial charge in [0.2, 0.25) is 5.95 Å². The molecule has 1 saturated heterocycles. The molecular formula is C22H27N7O3S. The van der Waals surface area contributed by atoms with Gasteiger partial charge in [-0.2, -0.15) is 0 Å². The van der Waals surface area contributed by atoms with Gasteiger partial charge in [0.05, 0.1) is 11.4 Å². The van der Waals surface area contributed by atoms with Crippen molar-refractivity contribution in [3.8, 4) is 5.69 Å². The van der Waals surface area contributed by atoms with Gasteiger partial charge in [-0.15, -0.1) is 10.2 Å². The Labute approximate surface area is 195 Å². The topological polar surface area (TPSA) is 121 Å². The molecule has 0 atom stereocenters. The zero-order valence-corrected chi connectivity index (χ0v) is 19.8. The molecule has 3 heterocycles. The van der Waals surface area contributed by atoms with Crippen molar-refractivity contribution in [2.24, 2.45) is 14.1 Å². The number of anilines is 2. The summed E-state index contributed by atoms with van der Waals surface area (Å²) in [7, 11) is 2.76. The Morgan fingerprint density at radius 2 is 1.70 bits per heavy atom. The van der Waals surface area contributed by atoms with Gasteiger partial charge in [-0.1, -0.05) is 29.5 Å². The first kappa shape index (κ1) is 22.8. The highest BCUT2D eigenvalue weighted by Gasteiger charge is 2.24. The number of nitrogens with zero attached hydrogens (tertiary/aromatic N) is 6. The molecule has 0 amide bonds. The van der Waals surface area contributed by atoms with Gasteiger partial charge >= 0.3 is 5.69 Å². The highest BCUT2D eigenvalue weighted by atomic mass is 32.2. The smallest absolute Gasteiger partial charge is 0.332 e. The summed E-state index contributed by atoms with van der Waals surface area (Å²) in [5.74, 6) is 0.0715. The molecule has 0 bridgehead atoms. The summed E-state index contributed by atoms with van der Waals surface area (Å²) >= 11 is 1.19. The third-order valence-electron chi connectivity index (χ3n) is 5.87. The maximum absolute atomic E-state index is 13.0. The molecule has 0 saturated carbocycles. The minimum atomic E-state index is -0.699. The zero-order chi connectivity index (χ0) is 23.7. The number of aromatic nitrogens is 5. The maximum Gasteiger partial charge on any atom is 0.332 e. The predicted molar refractivity (Wildman–Crippen MR) is 129 cm³/mol. The van der Waals surface area contributed by atoms with Crippen molar-refractivity contribution in [3.05, 3.63) is 56.2 Å². The molecule has 0 radical (unpaired) electrons. The first-order chi connectivity index (χ1) is 15.8. The van der Waals surface area contributed by atoms with Crippen LogP contribution in [0, 0.1) is 6.92 Å². The molecule has 1 aliphatic rings. The minimum absolute atomic E-state index is 0.0678. The van der Waals surface area contributed by atoms with Crippen LogP contribution in [0.25, 0.3) is 5.69 Å². The number of Topliss-reactive ketones (excluding diaryl/α,β-unsaturated/α-hetero) is 1. The highest BCUT2D eigenvalue weighted by molar-refractivity contribution is 7.99. The lowest BCUT2D eigenvalue weighted by Crippen LogP contribution is -2.41. The van der Waals surface area contributed by atoms with E-state index in [4.69, 9.17) is 5.73 Å². The average molecular weight is 470 g/mol. The Bertz CT molecular complexity index is 1300. The summed E-state index contributed by atoms with van der Waals surface area (Å²) in [5.41, 5.74) is 6.51. The molecule has 33 heavy (non-hydrogen) atoms. The van der Waals surface area contributed by atoms with Gasteiger partial charge in [0.1, 0.15) is 11.4 Å². The van der Waals surface area contributed by atoms with E-state index in [0.717, 1.165) is 52.3 Å². The lowest BCUT2D eigenvalue weighted by atomic mass is 10.1. The number of hydrogen-bond acceptors (Lipinski definition) is 8. The number of aryl methyl sites for hydroxylation is 1. The van der Waals surface area contributed by atoms with Crippen LogP contribution in [0.1, 0.15) is 35.2 Å². The number of benzene rings is 1. The third kappa shape index (κ3) is 4.32. The molecule has 174 valence electrons. The van der Waals surface area contributed by atoms with Crippen LogP contribution in [0.5, 0.6) is 0 Å². The number of nitrogen functional groups attached to an aromatic ring is 1. The molecule has 4 rings (SSSR count). The summed E-state index contributed by atoms with van der Waals surface area (Å²) < 4.78 is 3.94. The largest absolute Gasteiger partial charge is 0.384 e. The number of carbonyl (C=O) groups excluding carboxylic acids is 1. The Balaban J connectivity index is 1.67. The summed E-state index contributed by atoms with van der Waals surface area (Å²) in [4.78, 5) is 39.8. The Morgan fingerprint density at radius 3 is 2.36 bits per heavy atom. The molecule has 3 aromatic rings. The van der Waals surface area contributed by atoms with Crippen molar-refractivity contribution in [2.45, 2.75) is 31.3 Å². The lowest BCUT2D eigenvalue weighted by molar-refractivity contribution is 0.102. The first-order valence-corrected chi connectivity index (χ1v) is 11.8. The number of rotatable bonds is 6. The maximum atomic E-state index is 13.0. The van der Waals surface area contributed by atoms with Crippen molar-refractivity contribution in [2.75, 3.05) is 29.5 Å². The molecular weight excluding hydrogens is 442 g/mol. The molecule has 2 N–H and O–H groups in total. The van der Waals surface area contributed by atoms with E-state index in [1.807, 2.05) is 35.8 Å². The second kappa shape index (κ2) is 9.26. The monoisotopic (exact) mass is 469 g/mol. The van der Waals surface area contributed by atoms with Crippen LogP contribution in [0.4, 0.5) is 11.8 Å². The summed E-state index contributed by atoms with van der Waals surface area (Å²) in [5, 5.41) is 9.35. The van der Waals surface area contributed by atoms with Crippen molar-refractivity contribution in [3.63, 3.8) is 0 Å². The Morgan fingerprint density at radius 1 is 1.03 bits per heavy atom. The van der Waals surface area contributed by atoms with Gasteiger partial charge in [0.25, 0.3) is 5.56 Å². The molecule has 0 aliphatic carbocycles. The van der Waals surface area contributed by atoms with E-state index in [0.29, 0.717) is 5.16 Å². The summed E-state index contributed by atoms with van der Waals surface area (Å²) in [6.45, 7) is 3.82. The van der Waals surface area contributed by atoms with E-state index in [2.05, 4.69) is 15.1 Å². The van der Waals surface area contributed by atoms with E-state index in [1.165, 1.54) is 32.3 Å². The number of thioether (sulfide) groups is 1. The third-order valence-corrected chi connectivity index (χ3v) is 6.80. The van der Waals surface area contributed by atoms with Crippen molar-refractivity contribution >= 4 is 29.3 Å². The Hall–Kier alpha value is -3.34. The predicted octanol–water partition coefficient (Wildman–Crippen LogP) is 1.52. The summed E-state index contributed by atoms with van der Waals surface area (Å²) in [6.07, 6.45) is 3.38.